The molecule has 3 aromatic heterocycles. The van der Waals surface area contributed by atoms with Gasteiger partial charge in [-0.25, -0.2) is 18.7 Å². The summed E-state index contributed by atoms with van der Waals surface area (Å²) in [5.74, 6) is 0.0222. The van der Waals surface area contributed by atoms with Crippen molar-refractivity contribution < 1.29 is 8.78 Å². The molecule has 7 heteroatoms. The molecule has 5 nitrogen and oxygen atoms in total. The summed E-state index contributed by atoms with van der Waals surface area (Å²) in [6.07, 6.45) is 8.30. The van der Waals surface area contributed by atoms with E-state index in [1.807, 2.05) is 29.1 Å². The normalized spacial score (nSPS) is 22.4. The van der Waals surface area contributed by atoms with Crippen molar-refractivity contribution in [1.29, 1.82) is 0 Å². The lowest BCUT2D eigenvalue weighted by atomic mass is 9.65. The van der Waals surface area contributed by atoms with E-state index in [-0.39, 0.29) is 12.8 Å². The molecule has 1 fully saturated rings. The van der Waals surface area contributed by atoms with Crippen LogP contribution in [0.3, 0.4) is 0 Å². The molecule has 128 valence electrons. The maximum atomic E-state index is 14.1. The van der Waals surface area contributed by atoms with Crippen LogP contribution in [0.25, 0.3) is 5.69 Å². The first kappa shape index (κ1) is 15.7. The molecule has 0 atom stereocenters. The minimum absolute atomic E-state index is 0.245. The predicted octanol–water partition coefficient (Wildman–Crippen LogP) is 3.28. The Morgan fingerprint density at radius 2 is 1.84 bits per heavy atom. The second kappa shape index (κ2) is 6.23. The molecular weight excluding hydrogens is 324 g/mol. The van der Waals surface area contributed by atoms with Crippen LogP contribution >= 0.6 is 0 Å². The number of rotatable bonds is 5. The number of aromatic nitrogens is 4. The molecule has 1 aliphatic rings. The summed E-state index contributed by atoms with van der Waals surface area (Å²) in [7, 11) is 0. The Hall–Kier alpha value is -2.83. The Morgan fingerprint density at radius 1 is 1.12 bits per heavy atom. The van der Waals surface area contributed by atoms with Gasteiger partial charge in [0.15, 0.2) is 0 Å². The SMILES string of the molecule is Fc1cccnc1C1(CNc2ncc(-n3cccc3)cn2)CC(F)C1. The number of nitrogens with one attached hydrogen (secondary N) is 1. The quantitative estimate of drug-likeness (QED) is 0.774. The fourth-order valence-corrected chi connectivity index (χ4v) is 3.29. The van der Waals surface area contributed by atoms with Crippen molar-refractivity contribution in [2.24, 2.45) is 0 Å². The Labute approximate surface area is 143 Å². The maximum Gasteiger partial charge on any atom is 0.222 e. The van der Waals surface area contributed by atoms with Crippen LogP contribution in [0.15, 0.2) is 55.2 Å². The molecule has 3 heterocycles. The number of hydrogen-bond donors (Lipinski definition) is 1. The first-order valence-corrected chi connectivity index (χ1v) is 8.11. The zero-order chi connectivity index (χ0) is 17.3. The summed E-state index contributed by atoms with van der Waals surface area (Å²) in [4.78, 5) is 12.7. The van der Waals surface area contributed by atoms with Crippen LogP contribution in [0.5, 0.6) is 0 Å². The van der Waals surface area contributed by atoms with Crippen molar-refractivity contribution in [3.63, 3.8) is 0 Å². The molecule has 25 heavy (non-hydrogen) atoms. The number of halogens is 2. The van der Waals surface area contributed by atoms with Crippen molar-refractivity contribution in [2.45, 2.75) is 24.4 Å². The Balaban J connectivity index is 1.50. The van der Waals surface area contributed by atoms with Gasteiger partial charge in [0.05, 0.1) is 23.8 Å². The predicted molar refractivity (Wildman–Crippen MR) is 89.9 cm³/mol. The molecule has 1 aliphatic carbocycles. The van der Waals surface area contributed by atoms with Crippen LogP contribution in [0.2, 0.25) is 0 Å². The highest BCUT2D eigenvalue weighted by atomic mass is 19.1. The zero-order valence-corrected chi connectivity index (χ0v) is 13.4. The van der Waals surface area contributed by atoms with Crippen molar-refractivity contribution in [1.82, 2.24) is 19.5 Å². The third-order valence-corrected chi connectivity index (χ3v) is 4.61. The summed E-state index contributed by atoms with van der Waals surface area (Å²) in [5.41, 5.74) is 0.488. The molecular formula is C18H17F2N5. The minimum atomic E-state index is -0.930. The molecule has 0 unspecified atom stereocenters. The average Bonchev–Trinajstić information content (AvgIpc) is 3.13. The average molecular weight is 341 g/mol. The highest BCUT2D eigenvalue weighted by molar-refractivity contribution is 5.35. The fraction of sp³-hybridized carbons (Fsp3) is 0.278. The largest absolute Gasteiger partial charge is 0.353 e. The van der Waals surface area contributed by atoms with Crippen molar-refractivity contribution in [2.75, 3.05) is 11.9 Å². The minimum Gasteiger partial charge on any atom is -0.353 e. The van der Waals surface area contributed by atoms with E-state index in [4.69, 9.17) is 0 Å². The molecule has 4 rings (SSSR count). The Kier molecular flexibility index (Phi) is 3.91. The van der Waals surface area contributed by atoms with Crippen LogP contribution < -0.4 is 5.32 Å². The van der Waals surface area contributed by atoms with Crippen LogP contribution in [0.4, 0.5) is 14.7 Å². The van der Waals surface area contributed by atoms with E-state index < -0.39 is 17.4 Å². The number of nitrogens with zero attached hydrogens (tertiary/aromatic N) is 4. The third kappa shape index (κ3) is 2.97. The number of pyridine rings is 1. The van der Waals surface area contributed by atoms with Crippen molar-refractivity contribution in [3.8, 4) is 5.69 Å². The standard InChI is InChI=1S/C18H17F2N5/c19-13-8-18(9-13,16-15(20)4-3-5-21-16)12-24-17-22-10-14(11-23-17)25-6-1-2-7-25/h1-7,10-11,13H,8-9,12H2,(H,22,23,24). The van der Waals surface area contributed by atoms with Gasteiger partial charge < -0.3 is 9.88 Å². The van der Waals surface area contributed by atoms with Gasteiger partial charge in [0.1, 0.15) is 12.0 Å². The number of alkyl halides is 1. The first-order valence-electron chi connectivity index (χ1n) is 8.11. The number of anilines is 1. The van der Waals surface area contributed by atoms with Gasteiger partial charge in [-0.3, -0.25) is 4.98 Å². The van der Waals surface area contributed by atoms with Crippen molar-refractivity contribution in [3.05, 3.63) is 66.8 Å². The molecule has 0 spiro atoms. The van der Waals surface area contributed by atoms with Gasteiger partial charge in [-0.05, 0) is 37.1 Å². The van der Waals surface area contributed by atoms with Gasteiger partial charge in [0.25, 0.3) is 0 Å². The lowest BCUT2D eigenvalue weighted by Gasteiger charge is -2.43. The second-order valence-corrected chi connectivity index (χ2v) is 6.33. The summed E-state index contributed by atoms with van der Waals surface area (Å²) >= 11 is 0. The molecule has 0 radical (unpaired) electrons. The monoisotopic (exact) mass is 341 g/mol. The summed E-state index contributed by atoms with van der Waals surface area (Å²) < 4.78 is 29.6. The molecule has 1 N–H and O–H groups in total. The van der Waals surface area contributed by atoms with E-state index in [0.717, 1.165) is 5.69 Å². The topological polar surface area (TPSA) is 55.6 Å². The van der Waals surface area contributed by atoms with Crippen molar-refractivity contribution >= 4 is 5.95 Å². The maximum absolute atomic E-state index is 14.1. The van der Waals surface area contributed by atoms with Crippen LogP contribution in [0, 0.1) is 5.82 Å². The third-order valence-electron chi connectivity index (χ3n) is 4.61. The van der Waals surface area contributed by atoms with Crippen LogP contribution in [-0.4, -0.2) is 32.2 Å². The van der Waals surface area contributed by atoms with E-state index in [9.17, 15) is 8.78 Å². The molecule has 0 aromatic carbocycles. The first-order chi connectivity index (χ1) is 12.2. The molecule has 0 amide bonds. The summed E-state index contributed by atoms with van der Waals surface area (Å²) in [5, 5.41) is 3.10. The van der Waals surface area contributed by atoms with E-state index in [1.165, 1.54) is 18.3 Å². The molecule has 0 aliphatic heterocycles. The highest BCUT2D eigenvalue weighted by Crippen LogP contribution is 2.45. The molecule has 0 bridgehead atoms. The lowest BCUT2D eigenvalue weighted by molar-refractivity contribution is 0.0963. The van der Waals surface area contributed by atoms with E-state index in [2.05, 4.69) is 20.3 Å². The van der Waals surface area contributed by atoms with Gasteiger partial charge in [-0.15, -0.1) is 0 Å². The zero-order valence-electron chi connectivity index (χ0n) is 13.4. The van der Waals surface area contributed by atoms with Crippen LogP contribution in [0.1, 0.15) is 18.5 Å². The van der Waals surface area contributed by atoms with E-state index in [0.29, 0.717) is 18.2 Å². The Bertz CT molecular complexity index is 842. The summed E-state index contributed by atoms with van der Waals surface area (Å²) in [6.45, 7) is 0.338. The molecule has 3 aromatic rings. The highest BCUT2D eigenvalue weighted by Gasteiger charge is 2.48. The van der Waals surface area contributed by atoms with Crippen LogP contribution in [-0.2, 0) is 5.41 Å². The fourth-order valence-electron chi connectivity index (χ4n) is 3.29. The van der Waals surface area contributed by atoms with Gasteiger partial charge in [-0.2, -0.15) is 0 Å². The molecule has 1 saturated carbocycles. The van der Waals surface area contributed by atoms with Gasteiger partial charge in [0.2, 0.25) is 5.95 Å². The van der Waals surface area contributed by atoms with E-state index >= 15 is 0 Å². The Morgan fingerprint density at radius 3 is 2.48 bits per heavy atom. The van der Waals surface area contributed by atoms with Gasteiger partial charge >= 0.3 is 0 Å². The van der Waals surface area contributed by atoms with Gasteiger partial charge in [-0.1, -0.05) is 0 Å². The second-order valence-electron chi connectivity index (χ2n) is 6.33. The van der Waals surface area contributed by atoms with Gasteiger partial charge in [0, 0.05) is 30.6 Å². The van der Waals surface area contributed by atoms with E-state index in [1.54, 1.807) is 12.4 Å². The molecule has 0 saturated heterocycles. The lowest BCUT2D eigenvalue weighted by Crippen LogP contribution is -2.49. The number of hydrogen-bond acceptors (Lipinski definition) is 4. The smallest absolute Gasteiger partial charge is 0.222 e. The summed E-state index contributed by atoms with van der Waals surface area (Å²) in [6, 6.07) is 6.73.